The monoisotopic (exact) mass is 294 g/mol. The number of urea groups is 1. The van der Waals surface area contributed by atoms with E-state index >= 15 is 0 Å². The van der Waals surface area contributed by atoms with Crippen LogP contribution >= 0.6 is 0 Å². The Hall–Kier alpha value is -2.57. The van der Waals surface area contributed by atoms with E-state index in [4.69, 9.17) is 0 Å². The number of hydrogen-bond acceptors (Lipinski definition) is 4. The number of nitrogens with zero attached hydrogens (tertiary/aromatic N) is 1. The number of esters is 1. The topological polar surface area (TPSA) is 95.9 Å². The summed E-state index contributed by atoms with van der Waals surface area (Å²) < 4.78 is 4.49. The first kappa shape index (κ1) is 16.5. The van der Waals surface area contributed by atoms with Gasteiger partial charge < -0.3 is 20.1 Å². The fourth-order valence-corrected chi connectivity index (χ4v) is 1.73. The van der Waals surface area contributed by atoms with Gasteiger partial charge in [-0.2, -0.15) is 0 Å². The lowest BCUT2D eigenvalue weighted by molar-refractivity contribution is -0.140. The number of ether oxygens (including phenoxy) is 1. The number of hydrogen-bond donors (Lipinski definition) is 2. The maximum atomic E-state index is 12.0. The second kappa shape index (κ2) is 7.28. The number of carboxylic acids is 1. The molecule has 0 unspecified atom stereocenters. The zero-order valence-corrected chi connectivity index (χ0v) is 12.2. The van der Waals surface area contributed by atoms with Crippen LogP contribution in [0.3, 0.4) is 0 Å². The van der Waals surface area contributed by atoms with Gasteiger partial charge in [0, 0.05) is 13.6 Å². The van der Waals surface area contributed by atoms with E-state index in [1.165, 1.54) is 25.1 Å². The Kier molecular flexibility index (Phi) is 5.71. The Morgan fingerprint density at radius 2 is 2.00 bits per heavy atom. The standard InChI is InChI=1S/C14H18N2O5/c1-9-5-4-6-10(12(9)13(18)19)15-14(20)16(2)8-7-11(17)21-3/h4-6H,7-8H2,1-3H3,(H,15,20)(H,18,19). The summed E-state index contributed by atoms with van der Waals surface area (Å²) in [6, 6.07) is 4.33. The number of carboxylic acid groups (broad SMARTS) is 1. The predicted octanol–water partition coefficient (Wildman–Crippen LogP) is 1.72. The van der Waals surface area contributed by atoms with Gasteiger partial charge in [0.15, 0.2) is 0 Å². The molecule has 0 saturated heterocycles. The van der Waals surface area contributed by atoms with Crippen LogP contribution in [0.25, 0.3) is 0 Å². The van der Waals surface area contributed by atoms with E-state index < -0.39 is 18.0 Å². The quantitative estimate of drug-likeness (QED) is 0.806. The fourth-order valence-electron chi connectivity index (χ4n) is 1.73. The maximum absolute atomic E-state index is 12.0. The van der Waals surface area contributed by atoms with Gasteiger partial charge in [-0.3, -0.25) is 4.79 Å². The van der Waals surface area contributed by atoms with E-state index in [2.05, 4.69) is 10.1 Å². The molecular weight excluding hydrogens is 276 g/mol. The summed E-state index contributed by atoms with van der Waals surface area (Å²) in [5.74, 6) is -1.53. The normalized spacial score (nSPS) is 9.86. The van der Waals surface area contributed by atoms with Gasteiger partial charge in [-0.25, -0.2) is 9.59 Å². The summed E-state index contributed by atoms with van der Waals surface area (Å²) in [6.07, 6.45) is 0.0695. The van der Waals surface area contributed by atoms with Crippen molar-refractivity contribution in [3.05, 3.63) is 29.3 Å². The van der Waals surface area contributed by atoms with Crippen molar-refractivity contribution in [2.24, 2.45) is 0 Å². The molecule has 1 aromatic rings. The van der Waals surface area contributed by atoms with E-state index in [1.807, 2.05) is 0 Å². The largest absolute Gasteiger partial charge is 0.478 e. The summed E-state index contributed by atoms with van der Waals surface area (Å²) in [7, 11) is 2.78. The van der Waals surface area contributed by atoms with Crippen molar-refractivity contribution < 1.29 is 24.2 Å². The Bertz CT molecular complexity index is 556. The van der Waals surface area contributed by atoms with Crippen molar-refractivity contribution in [3.8, 4) is 0 Å². The smallest absolute Gasteiger partial charge is 0.338 e. The lowest BCUT2D eigenvalue weighted by Gasteiger charge is -2.18. The van der Waals surface area contributed by atoms with Gasteiger partial charge in [-0.15, -0.1) is 0 Å². The summed E-state index contributed by atoms with van der Waals surface area (Å²) in [4.78, 5) is 35.5. The van der Waals surface area contributed by atoms with E-state index in [1.54, 1.807) is 19.1 Å². The molecule has 0 heterocycles. The molecule has 0 saturated carbocycles. The van der Waals surface area contributed by atoms with Crippen molar-refractivity contribution in [2.75, 3.05) is 26.0 Å². The summed E-state index contributed by atoms with van der Waals surface area (Å²) >= 11 is 0. The molecule has 0 aliphatic rings. The number of amides is 2. The number of anilines is 1. The van der Waals surface area contributed by atoms with Gasteiger partial charge in [0.1, 0.15) is 0 Å². The second-order valence-electron chi connectivity index (χ2n) is 4.48. The third-order valence-electron chi connectivity index (χ3n) is 2.95. The van der Waals surface area contributed by atoms with Crippen molar-refractivity contribution in [2.45, 2.75) is 13.3 Å². The van der Waals surface area contributed by atoms with Crippen molar-refractivity contribution in [1.29, 1.82) is 0 Å². The molecule has 0 fully saturated rings. The molecule has 2 amide bonds. The first-order valence-corrected chi connectivity index (χ1v) is 6.28. The molecular formula is C14H18N2O5. The summed E-state index contributed by atoms with van der Waals surface area (Å²) in [5, 5.41) is 11.7. The number of carbonyl (C=O) groups is 3. The average Bonchev–Trinajstić information content (AvgIpc) is 2.43. The van der Waals surface area contributed by atoms with E-state index in [0.717, 1.165) is 0 Å². The number of aryl methyl sites for hydroxylation is 1. The van der Waals surface area contributed by atoms with Crippen LogP contribution < -0.4 is 5.32 Å². The Morgan fingerprint density at radius 1 is 1.33 bits per heavy atom. The SMILES string of the molecule is COC(=O)CCN(C)C(=O)Nc1cccc(C)c1C(=O)O. The highest BCUT2D eigenvalue weighted by Gasteiger charge is 2.17. The molecule has 7 nitrogen and oxygen atoms in total. The number of nitrogens with one attached hydrogen (secondary N) is 1. The molecule has 0 bridgehead atoms. The number of methoxy groups -OCH3 is 1. The van der Waals surface area contributed by atoms with Gasteiger partial charge in [-0.05, 0) is 18.6 Å². The molecule has 114 valence electrons. The lowest BCUT2D eigenvalue weighted by Crippen LogP contribution is -2.33. The van der Waals surface area contributed by atoms with Crippen LogP contribution in [-0.4, -0.2) is 48.7 Å². The average molecular weight is 294 g/mol. The summed E-state index contributed by atoms with van der Waals surface area (Å²) in [5.41, 5.74) is 0.821. The lowest BCUT2D eigenvalue weighted by atomic mass is 10.1. The Morgan fingerprint density at radius 3 is 2.57 bits per heavy atom. The van der Waals surface area contributed by atoms with Gasteiger partial charge in [0.2, 0.25) is 0 Å². The highest BCUT2D eigenvalue weighted by Crippen LogP contribution is 2.19. The molecule has 0 radical (unpaired) electrons. The van der Waals surface area contributed by atoms with Crippen molar-refractivity contribution >= 4 is 23.7 Å². The van der Waals surface area contributed by atoms with Gasteiger partial charge in [0.05, 0.1) is 24.8 Å². The first-order chi connectivity index (χ1) is 9.86. The van der Waals surface area contributed by atoms with Crippen LogP contribution in [0, 0.1) is 6.92 Å². The fraction of sp³-hybridized carbons (Fsp3) is 0.357. The molecule has 0 aliphatic heterocycles. The minimum absolute atomic E-state index is 0.0483. The minimum atomic E-state index is -1.11. The summed E-state index contributed by atoms with van der Waals surface area (Å²) in [6.45, 7) is 1.83. The minimum Gasteiger partial charge on any atom is -0.478 e. The zero-order valence-electron chi connectivity index (χ0n) is 12.2. The zero-order chi connectivity index (χ0) is 16.0. The molecule has 1 aromatic carbocycles. The number of benzene rings is 1. The highest BCUT2D eigenvalue weighted by atomic mass is 16.5. The molecule has 0 aromatic heterocycles. The molecule has 0 spiro atoms. The first-order valence-electron chi connectivity index (χ1n) is 6.28. The molecule has 0 aliphatic carbocycles. The second-order valence-corrected chi connectivity index (χ2v) is 4.48. The number of rotatable bonds is 5. The van der Waals surface area contributed by atoms with E-state index in [-0.39, 0.29) is 24.2 Å². The van der Waals surface area contributed by atoms with Gasteiger partial charge in [-0.1, -0.05) is 12.1 Å². The third-order valence-corrected chi connectivity index (χ3v) is 2.95. The highest BCUT2D eigenvalue weighted by molar-refractivity contribution is 6.01. The van der Waals surface area contributed by atoms with Crippen molar-refractivity contribution in [3.63, 3.8) is 0 Å². The number of carbonyl (C=O) groups excluding carboxylic acids is 2. The van der Waals surface area contributed by atoms with Crippen molar-refractivity contribution in [1.82, 2.24) is 4.90 Å². The molecule has 21 heavy (non-hydrogen) atoms. The van der Waals surface area contributed by atoms with Crippen LogP contribution in [-0.2, 0) is 9.53 Å². The molecule has 7 heteroatoms. The van der Waals surface area contributed by atoms with Crippen LogP contribution in [0.2, 0.25) is 0 Å². The Balaban J connectivity index is 2.77. The molecule has 2 N–H and O–H groups in total. The van der Waals surface area contributed by atoms with Crippen LogP contribution in [0.15, 0.2) is 18.2 Å². The van der Waals surface area contributed by atoms with Crippen LogP contribution in [0.4, 0.5) is 10.5 Å². The Labute approximate surface area is 122 Å². The molecule has 0 atom stereocenters. The van der Waals surface area contributed by atoms with Gasteiger partial charge >= 0.3 is 18.0 Å². The van der Waals surface area contributed by atoms with E-state index in [0.29, 0.717) is 5.56 Å². The third kappa shape index (κ3) is 4.48. The molecule has 1 rings (SSSR count). The number of aromatic carboxylic acids is 1. The van der Waals surface area contributed by atoms with Crippen LogP contribution in [0.1, 0.15) is 22.3 Å². The van der Waals surface area contributed by atoms with E-state index in [9.17, 15) is 19.5 Å². The maximum Gasteiger partial charge on any atom is 0.338 e. The van der Waals surface area contributed by atoms with Gasteiger partial charge in [0.25, 0.3) is 0 Å². The predicted molar refractivity (Wildman–Crippen MR) is 76.4 cm³/mol. The van der Waals surface area contributed by atoms with Crippen LogP contribution in [0.5, 0.6) is 0 Å².